The van der Waals surface area contributed by atoms with Gasteiger partial charge in [-0.25, -0.2) is 13.8 Å². The molecule has 0 fully saturated rings. The Labute approximate surface area is 212 Å². The number of carbonyl (C=O) groups is 1. The third kappa shape index (κ3) is 6.17. The Hall–Kier alpha value is -3.42. The maximum Gasteiger partial charge on any atom is 0.453 e. The quantitative estimate of drug-likeness (QED) is 0.364. The van der Waals surface area contributed by atoms with E-state index >= 15 is 0 Å². The van der Waals surface area contributed by atoms with Gasteiger partial charge in [-0.1, -0.05) is 0 Å². The van der Waals surface area contributed by atoms with Crippen molar-refractivity contribution in [1.82, 2.24) is 19.7 Å². The number of rotatable bonds is 9. The van der Waals surface area contributed by atoms with Crippen molar-refractivity contribution in [2.24, 2.45) is 0 Å². The van der Waals surface area contributed by atoms with E-state index in [9.17, 15) is 40.6 Å². The van der Waals surface area contributed by atoms with Crippen LogP contribution in [0.1, 0.15) is 54.0 Å². The monoisotopic (exact) mass is 550 g/mol. The minimum absolute atomic E-state index is 0.0617. The van der Waals surface area contributed by atoms with Crippen LogP contribution in [0.4, 0.5) is 30.7 Å². The van der Waals surface area contributed by atoms with Crippen LogP contribution < -0.4 is 10.1 Å². The van der Waals surface area contributed by atoms with Crippen molar-refractivity contribution in [1.29, 1.82) is 0 Å². The molecule has 0 saturated heterocycles. The van der Waals surface area contributed by atoms with Gasteiger partial charge in [0, 0.05) is 12.6 Å². The Morgan fingerprint density at radius 3 is 2.29 bits per heavy atom. The molecule has 1 atom stereocenters. The number of aryl methyl sites for hydroxylation is 2. The van der Waals surface area contributed by atoms with Crippen molar-refractivity contribution >= 4 is 11.6 Å². The van der Waals surface area contributed by atoms with E-state index in [1.54, 1.807) is 6.92 Å². The van der Waals surface area contributed by atoms with Gasteiger partial charge in [-0.2, -0.15) is 22.0 Å². The Balaban J connectivity index is 1.91. The summed E-state index contributed by atoms with van der Waals surface area (Å²) in [5, 5.41) is 12.7. The first-order chi connectivity index (χ1) is 17.4. The third-order valence-corrected chi connectivity index (χ3v) is 5.86. The summed E-state index contributed by atoms with van der Waals surface area (Å²) in [6, 6.07) is 0.0330. The lowest BCUT2D eigenvalue weighted by Crippen LogP contribution is -2.51. The second-order valence-corrected chi connectivity index (χ2v) is 9.41. The van der Waals surface area contributed by atoms with Crippen molar-refractivity contribution < 1.29 is 45.4 Å². The summed E-state index contributed by atoms with van der Waals surface area (Å²) in [7, 11) is 0. The van der Waals surface area contributed by atoms with Gasteiger partial charge in [-0.15, -0.1) is 0 Å². The van der Waals surface area contributed by atoms with Crippen LogP contribution in [-0.2, 0) is 6.61 Å². The molecule has 0 spiro atoms. The first-order valence-electron chi connectivity index (χ1n) is 11.3. The van der Waals surface area contributed by atoms with Crippen molar-refractivity contribution in [2.75, 3.05) is 0 Å². The van der Waals surface area contributed by atoms with Crippen LogP contribution in [0.3, 0.4) is 0 Å². The molecular weight excluding hydrogens is 525 g/mol. The fourth-order valence-electron chi connectivity index (χ4n) is 3.76. The number of amides is 1. The minimum atomic E-state index is -5.78. The molecule has 1 amide bonds. The topological polar surface area (TPSA) is 88.8 Å². The predicted molar refractivity (Wildman–Crippen MR) is 121 cm³/mol. The number of pyridine rings is 2. The second kappa shape index (κ2) is 10.4. The van der Waals surface area contributed by atoms with Gasteiger partial charge in [0.15, 0.2) is 23.0 Å². The number of alkyl halides is 5. The third-order valence-electron chi connectivity index (χ3n) is 5.86. The molecule has 0 aliphatic carbocycles. The van der Waals surface area contributed by atoms with E-state index in [0.717, 1.165) is 12.4 Å². The number of nitrogens with zero attached hydrogens (tertiary/aromatic N) is 3. The fourth-order valence-corrected chi connectivity index (χ4v) is 3.76. The first kappa shape index (κ1) is 29.1. The van der Waals surface area contributed by atoms with Crippen LogP contribution in [0.5, 0.6) is 5.75 Å². The molecule has 0 aliphatic heterocycles. The van der Waals surface area contributed by atoms with Gasteiger partial charge in [0.25, 0.3) is 5.91 Å². The van der Waals surface area contributed by atoms with Crippen molar-refractivity contribution in [3.8, 4) is 5.75 Å². The summed E-state index contributed by atoms with van der Waals surface area (Å²) in [4.78, 5) is 20.8. The molecule has 7 nitrogen and oxygen atoms in total. The highest BCUT2D eigenvalue weighted by atomic mass is 19.4. The summed E-state index contributed by atoms with van der Waals surface area (Å²) in [6.45, 7) is 4.88. The Morgan fingerprint density at radius 1 is 1.13 bits per heavy atom. The molecule has 0 aliphatic rings. The highest BCUT2D eigenvalue weighted by Crippen LogP contribution is 2.39. The largest absolute Gasteiger partial charge is 0.485 e. The lowest BCUT2D eigenvalue weighted by molar-refractivity contribution is -0.285. The number of hydrogen-bond donors (Lipinski definition) is 2. The summed E-state index contributed by atoms with van der Waals surface area (Å²) < 4.78 is 99.6. The highest BCUT2D eigenvalue weighted by Gasteiger charge is 2.57. The number of fused-ring (bicyclic) bond motifs is 1. The molecule has 3 aromatic heterocycles. The van der Waals surface area contributed by atoms with Gasteiger partial charge >= 0.3 is 12.1 Å². The van der Waals surface area contributed by atoms with Crippen LogP contribution in [-0.4, -0.2) is 49.1 Å². The average molecular weight is 550 g/mol. The Kier molecular flexibility index (Phi) is 7.97. The van der Waals surface area contributed by atoms with E-state index < -0.39 is 60.7 Å². The smallest absolute Gasteiger partial charge is 0.453 e. The van der Waals surface area contributed by atoms with Gasteiger partial charge in [0.1, 0.15) is 12.3 Å². The molecule has 38 heavy (non-hydrogen) atoms. The molecule has 3 aromatic rings. The number of hydrogen-bond acceptors (Lipinski definition) is 5. The molecule has 0 radical (unpaired) electrons. The minimum Gasteiger partial charge on any atom is -0.485 e. The van der Waals surface area contributed by atoms with Crippen LogP contribution in [0, 0.1) is 25.5 Å². The van der Waals surface area contributed by atoms with Crippen LogP contribution >= 0.6 is 0 Å². The summed E-state index contributed by atoms with van der Waals surface area (Å²) in [5.41, 5.74) is -1.59. The number of carbonyl (C=O) groups excluding carboxylic acids is 1. The van der Waals surface area contributed by atoms with E-state index in [1.807, 2.05) is 0 Å². The van der Waals surface area contributed by atoms with E-state index in [1.165, 1.54) is 37.4 Å². The van der Waals surface area contributed by atoms with Crippen molar-refractivity contribution in [3.63, 3.8) is 0 Å². The van der Waals surface area contributed by atoms with Crippen LogP contribution in [0.2, 0.25) is 0 Å². The fraction of sp³-hybridized carbons (Fsp3) is 0.458. The maximum atomic E-state index is 14.0. The predicted octanol–water partition coefficient (Wildman–Crippen LogP) is 5.05. The molecule has 14 heteroatoms. The maximum absolute atomic E-state index is 14.0. The van der Waals surface area contributed by atoms with Crippen molar-refractivity contribution in [3.05, 3.63) is 58.8 Å². The second-order valence-electron chi connectivity index (χ2n) is 9.41. The zero-order chi connectivity index (χ0) is 28.6. The SMILES string of the molecule is Cc1cc(OCc2c(F)cncc2F)c2nc(C)c(C(=O)NC(CCC(F)(F)C(F)(F)F)C(C)(C)O)n2c1. The summed E-state index contributed by atoms with van der Waals surface area (Å²) >= 11 is 0. The van der Waals surface area contributed by atoms with Gasteiger partial charge in [-0.3, -0.25) is 14.2 Å². The number of nitrogens with one attached hydrogen (secondary N) is 1. The first-order valence-corrected chi connectivity index (χ1v) is 11.3. The Bertz CT molecular complexity index is 1310. The molecule has 0 aromatic carbocycles. The molecule has 208 valence electrons. The molecule has 0 saturated carbocycles. The summed E-state index contributed by atoms with van der Waals surface area (Å²) in [5.74, 6) is -7.71. The van der Waals surface area contributed by atoms with Gasteiger partial charge in [0.05, 0.1) is 35.3 Å². The molecule has 2 N–H and O–H groups in total. The number of aromatic nitrogens is 3. The number of imidazole rings is 1. The normalized spacial score (nSPS) is 13.6. The van der Waals surface area contributed by atoms with E-state index in [2.05, 4.69) is 15.3 Å². The zero-order valence-electron chi connectivity index (χ0n) is 20.8. The molecule has 3 rings (SSSR count). The molecule has 0 bridgehead atoms. The van der Waals surface area contributed by atoms with Crippen LogP contribution in [0.25, 0.3) is 5.65 Å². The number of aliphatic hydroxyl groups is 1. The number of halogens is 7. The van der Waals surface area contributed by atoms with Crippen molar-refractivity contribution in [2.45, 2.75) is 70.9 Å². The highest BCUT2D eigenvalue weighted by molar-refractivity contribution is 5.95. The lowest BCUT2D eigenvalue weighted by Gasteiger charge is -2.31. The standard InChI is InChI=1S/C24H25F7N4O3/c1-12-7-17(38-11-14-15(25)8-32-9-16(14)26)20-33-13(2)19(35(20)10-12)21(36)34-18(22(3,4)37)5-6-23(27,28)24(29,30)31/h7-10,18,37H,5-6,11H2,1-4H3,(H,34,36). The molecule has 3 heterocycles. The zero-order valence-corrected chi connectivity index (χ0v) is 20.8. The molecular formula is C24H25F7N4O3. The number of ether oxygens (including phenoxy) is 1. The Morgan fingerprint density at radius 2 is 1.74 bits per heavy atom. The van der Waals surface area contributed by atoms with Gasteiger partial charge in [-0.05, 0) is 45.7 Å². The average Bonchev–Trinajstić information content (AvgIpc) is 3.10. The van der Waals surface area contributed by atoms with Gasteiger partial charge < -0.3 is 15.2 Å². The lowest BCUT2D eigenvalue weighted by atomic mass is 9.92. The molecule has 1 unspecified atom stereocenters. The van der Waals surface area contributed by atoms with E-state index in [0.29, 0.717) is 5.56 Å². The van der Waals surface area contributed by atoms with E-state index in [-0.39, 0.29) is 28.3 Å². The van der Waals surface area contributed by atoms with Crippen LogP contribution in [0.15, 0.2) is 24.7 Å². The van der Waals surface area contributed by atoms with E-state index in [4.69, 9.17) is 4.74 Å². The van der Waals surface area contributed by atoms with Gasteiger partial charge in [0.2, 0.25) is 0 Å². The summed E-state index contributed by atoms with van der Waals surface area (Å²) in [6.07, 6.45) is -5.19.